The van der Waals surface area contributed by atoms with Crippen LogP contribution in [0.3, 0.4) is 0 Å². The van der Waals surface area contributed by atoms with Crippen LogP contribution in [-0.4, -0.2) is 39.0 Å². The highest BCUT2D eigenvalue weighted by Crippen LogP contribution is 2.41. The number of nitrogens with zero attached hydrogens (tertiary/aromatic N) is 2. The van der Waals surface area contributed by atoms with Gasteiger partial charge in [-0.15, -0.1) is 22.7 Å². The summed E-state index contributed by atoms with van der Waals surface area (Å²) in [5, 5.41) is 14.1. The number of hydrogen-bond donors (Lipinski definition) is 1. The number of hydrogen-bond acceptors (Lipinski definition) is 5. The summed E-state index contributed by atoms with van der Waals surface area (Å²) in [5.41, 5.74) is 0.376. The van der Waals surface area contributed by atoms with E-state index < -0.39 is 12.0 Å². The molecule has 2 aliphatic rings. The molecule has 24 heavy (non-hydrogen) atoms. The molecule has 1 aliphatic heterocycles. The molecule has 1 N–H and O–H groups in total. The van der Waals surface area contributed by atoms with Gasteiger partial charge in [-0.2, -0.15) is 0 Å². The summed E-state index contributed by atoms with van der Waals surface area (Å²) in [6, 6.07) is 3.28. The molecule has 126 valence electrons. The molecule has 0 bridgehead atoms. The van der Waals surface area contributed by atoms with Crippen LogP contribution in [0.4, 0.5) is 0 Å². The van der Waals surface area contributed by atoms with E-state index in [4.69, 9.17) is 0 Å². The number of carbonyl (C=O) groups excluding carboxylic acids is 1. The SMILES string of the molecule is O=C(O)C1CC2CCCCC2N1C(=O)c1csc(-c2cccs2)n1. The Hall–Kier alpha value is -1.73. The number of rotatable bonds is 3. The van der Waals surface area contributed by atoms with Crippen molar-refractivity contribution in [2.45, 2.75) is 44.2 Å². The lowest BCUT2D eigenvalue weighted by Crippen LogP contribution is -2.46. The summed E-state index contributed by atoms with van der Waals surface area (Å²) >= 11 is 3.02. The number of amides is 1. The van der Waals surface area contributed by atoms with Crippen molar-refractivity contribution in [3.8, 4) is 9.88 Å². The lowest BCUT2D eigenvalue weighted by atomic mass is 9.84. The molecular weight excluding hydrogens is 344 g/mol. The van der Waals surface area contributed by atoms with Crippen LogP contribution in [0.1, 0.15) is 42.6 Å². The van der Waals surface area contributed by atoms with Crippen molar-refractivity contribution >= 4 is 34.6 Å². The molecule has 1 saturated carbocycles. The second-order valence-electron chi connectivity index (χ2n) is 6.43. The highest BCUT2D eigenvalue weighted by atomic mass is 32.1. The largest absolute Gasteiger partial charge is 0.480 e. The maximum absolute atomic E-state index is 13.0. The van der Waals surface area contributed by atoms with Gasteiger partial charge in [0.05, 0.1) is 4.88 Å². The number of carboxylic acids is 1. The molecule has 1 saturated heterocycles. The standard InChI is InChI=1S/C17H18N2O3S2/c20-16(11-9-24-15(18-11)14-6-3-7-23-14)19-12-5-2-1-4-10(12)8-13(19)17(21)22/h3,6-7,9-10,12-13H,1-2,4-5,8H2,(H,21,22). The molecular formula is C17H18N2O3S2. The Labute approximate surface area is 148 Å². The van der Waals surface area contributed by atoms with Crippen LogP contribution < -0.4 is 0 Å². The Kier molecular flexibility index (Phi) is 4.14. The number of thiazole rings is 1. The van der Waals surface area contributed by atoms with E-state index in [1.807, 2.05) is 17.5 Å². The van der Waals surface area contributed by atoms with Crippen LogP contribution in [-0.2, 0) is 4.79 Å². The average Bonchev–Trinajstić information content (AvgIpc) is 3.31. The van der Waals surface area contributed by atoms with Crippen molar-refractivity contribution < 1.29 is 14.7 Å². The second-order valence-corrected chi connectivity index (χ2v) is 8.24. The fraction of sp³-hybridized carbons (Fsp3) is 0.471. The zero-order valence-corrected chi connectivity index (χ0v) is 14.7. The maximum atomic E-state index is 13.0. The van der Waals surface area contributed by atoms with Crippen molar-refractivity contribution in [1.29, 1.82) is 0 Å². The van der Waals surface area contributed by atoms with Crippen molar-refractivity contribution in [3.05, 3.63) is 28.6 Å². The van der Waals surface area contributed by atoms with Gasteiger partial charge >= 0.3 is 5.97 Å². The van der Waals surface area contributed by atoms with Gasteiger partial charge in [0.1, 0.15) is 16.7 Å². The predicted molar refractivity (Wildman–Crippen MR) is 93.4 cm³/mol. The maximum Gasteiger partial charge on any atom is 0.326 e. The smallest absolute Gasteiger partial charge is 0.326 e. The highest BCUT2D eigenvalue weighted by Gasteiger charge is 2.48. The number of carboxylic acid groups (broad SMARTS) is 1. The average molecular weight is 362 g/mol. The fourth-order valence-electron chi connectivity index (χ4n) is 3.99. The van der Waals surface area contributed by atoms with E-state index >= 15 is 0 Å². The van der Waals surface area contributed by atoms with Gasteiger partial charge < -0.3 is 10.0 Å². The molecule has 2 aromatic heterocycles. The van der Waals surface area contributed by atoms with Gasteiger partial charge in [-0.3, -0.25) is 4.79 Å². The number of carbonyl (C=O) groups is 2. The van der Waals surface area contributed by atoms with Crippen molar-refractivity contribution in [3.63, 3.8) is 0 Å². The summed E-state index contributed by atoms with van der Waals surface area (Å²) in [7, 11) is 0. The lowest BCUT2D eigenvalue weighted by Gasteiger charge is -2.32. The van der Waals surface area contributed by atoms with E-state index in [1.54, 1.807) is 21.6 Å². The van der Waals surface area contributed by atoms with Crippen LogP contribution in [0.2, 0.25) is 0 Å². The topological polar surface area (TPSA) is 70.5 Å². The van der Waals surface area contributed by atoms with Gasteiger partial charge in [-0.25, -0.2) is 9.78 Å². The minimum absolute atomic E-state index is 0.0548. The minimum Gasteiger partial charge on any atom is -0.480 e. The third-order valence-corrected chi connectivity index (χ3v) is 6.94. The molecule has 3 heterocycles. The van der Waals surface area contributed by atoms with Crippen molar-refractivity contribution in [1.82, 2.24) is 9.88 Å². The molecule has 2 fully saturated rings. The molecule has 0 aromatic carbocycles. The fourth-order valence-corrected chi connectivity index (χ4v) is 5.60. The van der Waals surface area contributed by atoms with Gasteiger partial charge in [0, 0.05) is 11.4 Å². The van der Waals surface area contributed by atoms with Crippen LogP contribution in [0.25, 0.3) is 9.88 Å². The number of thiophene rings is 1. The van der Waals surface area contributed by atoms with E-state index in [9.17, 15) is 14.7 Å². The number of aromatic nitrogens is 1. The summed E-state index contributed by atoms with van der Waals surface area (Å²) in [6.07, 6.45) is 4.70. The second kappa shape index (κ2) is 6.29. The highest BCUT2D eigenvalue weighted by molar-refractivity contribution is 7.20. The molecule has 0 spiro atoms. The third-order valence-electron chi connectivity index (χ3n) is 5.06. The normalized spacial score (nSPS) is 26.3. The first-order valence-electron chi connectivity index (χ1n) is 8.20. The third kappa shape index (κ3) is 2.65. The zero-order chi connectivity index (χ0) is 16.7. The van der Waals surface area contributed by atoms with E-state index in [2.05, 4.69) is 4.98 Å². The van der Waals surface area contributed by atoms with E-state index in [0.717, 1.165) is 35.6 Å². The Balaban J connectivity index is 1.63. The van der Waals surface area contributed by atoms with Crippen molar-refractivity contribution in [2.75, 3.05) is 0 Å². The number of likely N-dealkylation sites (tertiary alicyclic amines) is 1. The zero-order valence-electron chi connectivity index (χ0n) is 13.1. The van der Waals surface area contributed by atoms with Crippen LogP contribution in [0.15, 0.2) is 22.9 Å². The number of fused-ring (bicyclic) bond motifs is 1. The van der Waals surface area contributed by atoms with Gasteiger partial charge in [0.25, 0.3) is 5.91 Å². The first-order valence-corrected chi connectivity index (χ1v) is 9.96. The van der Waals surface area contributed by atoms with Gasteiger partial charge in [0.15, 0.2) is 0 Å². The Bertz CT molecular complexity index is 756. The quantitative estimate of drug-likeness (QED) is 0.903. The minimum atomic E-state index is -0.897. The Morgan fingerprint density at radius 2 is 2.08 bits per heavy atom. The monoisotopic (exact) mass is 362 g/mol. The summed E-state index contributed by atoms with van der Waals surface area (Å²) in [4.78, 5) is 31.8. The number of aliphatic carboxylic acids is 1. The molecule has 7 heteroatoms. The van der Waals surface area contributed by atoms with E-state index in [1.165, 1.54) is 11.3 Å². The molecule has 4 rings (SSSR count). The van der Waals surface area contributed by atoms with E-state index in [0.29, 0.717) is 18.0 Å². The first kappa shape index (κ1) is 15.8. The van der Waals surface area contributed by atoms with Gasteiger partial charge in [-0.1, -0.05) is 18.9 Å². The van der Waals surface area contributed by atoms with Crippen LogP contribution in [0, 0.1) is 5.92 Å². The Morgan fingerprint density at radius 3 is 2.83 bits per heavy atom. The predicted octanol–water partition coefficient (Wildman–Crippen LogP) is 3.73. The Morgan fingerprint density at radius 1 is 1.25 bits per heavy atom. The molecule has 1 amide bonds. The van der Waals surface area contributed by atoms with E-state index in [-0.39, 0.29) is 11.9 Å². The summed E-state index contributed by atoms with van der Waals surface area (Å²) < 4.78 is 0. The molecule has 1 aliphatic carbocycles. The summed E-state index contributed by atoms with van der Waals surface area (Å²) in [5.74, 6) is -0.804. The molecule has 3 unspecified atom stereocenters. The first-order chi connectivity index (χ1) is 11.6. The lowest BCUT2D eigenvalue weighted by molar-refractivity contribution is -0.141. The van der Waals surface area contributed by atoms with Gasteiger partial charge in [0.2, 0.25) is 0 Å². The van der Waals surface area contributed by atoms with Crippen LogP contribution in [0.5, 0.6) is 0 Å². The molecule has 0 radical (unpaired) electrons. The molecule has 5 nitrogen and oxygen atoms in total. The van der Waals surface area contributed by atoms with Gasteiger partial charge in [-0.05, 0) is 36.6 Å². The van der Waals surface area contributed by atoms with Crippen LogP contribution >= 0.6 is 22.7 Å². The molecule has 3 atom stereocenters. The summed E-state index contributed by atoms with van der Waals surface area (Å²) in [6.45, 7) is 0. The molecule has 2 aromatic rings. The van der Waals surface area contributed by atoms with Crippen molar-refractivity contribution in [2.24, 2.45) is 5.92 Å².